The van der Waals surface area contributed by atoms with E-state index >= 15 is 0 Å². The normalized spacial score (nSPS) is 12.1. The first kappa shape index (κ1) is 15.2. The minimum Gasteiger partial charge on any atom is -0.460 e. The summed E-state index contributed by atoms with van der Waals surface area (Å²) in [7, 11) is 0. The molecule has 0 aromatic heterocycles. The van der Waals surface area contributed by atoms with E-state index in [-0.39, 0.29) is 12.1 Å². The second-order valence-electron chi connectivity index (χ2n) is 4.36. The summed E-state index contributed by atoms with van der Waals surface area (Å²) in [6, 6.07) is 0. The fraction of sp³-hybridized carbons (Fsp3) is 0.786. The summed E-state index contributed by atoms with van der Waals surface area (Å²) < 4.78 is 5.09. The van der Waals surface area contributed by atoms with Gasteiger partial charge in [-0.3, -0.25) is 0 Å². The Labute approximate surface area is 100 Å². The van der Waals surface area contributed by atoms with Crippen LogP contribution in [0.3, 0.4) is 0 Å². The standard InChI is InChI=1S/C14H26O2/c1-4-6-7-8-9-10-11-12-13(3)16-14(15)5-2/h5,13H,2,4,6-12H2,1,3H3. The van der Waals surface area contributed by atoms with Gasteiger partial charge in [-0.15, -0.1) is 0 Å². The molecular weight excluding hydrogens is 200 g/mol. The third-order valence-electron chi connectivity index (χ3n) is 2.70. The molecule has 2 nitrogen and oxygen atoms in total. The van der Waals surface area contributed by atoms with Gasteiger partial charge in [0.05, 0.1) is 6.10 Å². The van der Waals surface area contributed by atoms with Gasteiger partial charge in [-0.25, -0.2) is 4.79 Å². The Morgan fingerprint density at radius 2 is 1.75 bits per heavy atom. The van der Waals surface area contributed by atoms with Gasteiger partial charge in [0, 0.05) is 6.08 Å². The van der Waals surface area contributed by atoms with Crippen molar-refractivity contribution in [3.05, 3.63) is 12.7 Å². The maximum atomic E-state index is 10.9. The number of hydrogen-bond acceptors (Lipinski definition) is 2. The van der Waals surface area contributed by atoms with Crippen molar-refractivity contribution in [3.8, 4) is 0 Å². The number of ether oxygens (including phenoxy) is 1. The van der Waals surface area contributed by atoms with E-state index in [2.05, 4.69) is 13.5 Å². The molecular formula is C14H26O2. The molecule has 0 spiro atoms. The number of rotatable bonds is 10. The first-order valence-electron chi connectivity index (χ1n) is 6.53. The number of carbonyl (C=O) groups is 1. The van der Waals surface area contributed by atoms with Gasteiger partial charge in [0.2, 0.25) is 0 Å². The number of carbonyl (C=O) groups excluding carboxylic acids is 1. The van der Waals surface area contributed by atoms with Gasteiger partial charge in [0.1, 0.15) is 0 Å². The van der Waals surface area contributed by atoms with Gasteiger partial charge in [-0.05, 0) is 19.8 Å². The molecule has 0 aliphatic rings. The largest absolute Gasteiger partial charge is 0.460 e. The summed E-state index contributed by atoms with van der Waals surface area (Å²) in [5, 5.41) is 0. The highest BCUT2D eigenvalue weighted by Gasteiger charge is 2.05. The second kappa shape index (κ2) is 10.7. The molecule has 0 amide bonds. The number of esters is 1. The molecule has 0 radical (unpaired) electrons. The summed E-state index contributed by atoms with van der Waals surface area (Å²) in [5.74, 6) is -0.310. The van der Waals surface area contributed by atoms with Crippen LogP contribution in [0.25, 0.3) is 0 Å². The Morgan fingerprint density at radius 1 is 1.19 bits per heavy atom. The summed E-state index contributed by atoms with van der Waals surface area (Å²) in [5.41, 5.74) is 0. The molecule has 0 saturated carbocycles. The van der Waals surface area contributed by atoms with Crippen molar-refractivity contribution < 1.29 is 9.53 Å². The van der Waals surface area contributed by atoms with Crippen molar-refractivity contribution >= 4 is 5.97 Å². The van der Waals surface area contributed by atoms with Crippen LogP contribution in [0, 0.1) is 0 Å². The summed E-state index contributed by atoms with van der Waals surface area (Å²) >= 11 is 0. The number of hydrogen-bond donors (Lipinski definition) is 0. The van der Waals surface area contributed by atoms with Crippen LogP contribution in [-0.2, 0) is 9.53 Å². The molecule has 0 aromatic rings. The van der Waals surface area contributed by atoms with Crippen LogP contribution in [0.15, 0.2) is 12.7 Å². The molecule has 0 saturated heterocycles. The highest BCUT2D eigenvalue weighted by Crippen LogP contribution is 2.11. The van der Waals surface area contributed by atoms with E-state index in [1.165, 1.54) is 44.6 Å². The van der Waals surface area contributed by atoms with E-state index in [0.717, 1.165) is 12.8 Å². The fourth-order valence-electron chi connectivity index (χ4n) is 1.69. The molecule has 1 unspecified atom stereocenters. The lowest BCUT2D eigenvalue weighted by molar-refractivity contribution is -0.142. The summed E-state index contributed by atoms with van der Waals surface area (Å²) in [6.07, 6.45) is 11.3. The maximum Gasteiger partial charge on any atom is 0.330 e. The third-order valence-corrected chi connectivity index (χ3v) is 2.70. The molecule has 1 atom stereocenters. The van der Waals surface area contributed by atoms with Gasteiger partial charge in [-0.2, -0.15) is 0 Å². The van der Waals surface area contributed by atoms with Crippen LogP contribution < -0.4 is 0 Å². The zero-order valence-electron chi connectivity index (χ0n) is 10.8. The van der Waals surface area contributed by atoms with Crippen LogP contribution in [0.2, 0.25) is 0 Å². The van der Waals surface area contributed by atoms with E-state index in [4.69, 9.17) is 4.74 Å². The Bertz CT molecular complexity index is 187. The number of unbranched alkanes of at least 4 members (excludes halogenated alkanes) is 6. The van der Waals surface area contributed by atoms with Gasteiger partial charge in [0.15, 0.2) is 0 Å². The predicted molar refractivity (Wildman–Crippen MR) is 68.4 cm³/mol. The Morgan fingerprint density at radius 3 is 2.31 bits per heavy atom. The van der Waals surface area contributed by atoms with E-state index in [1.54, 1.807) is 0 Å². The van der Waals surface area contributed by atoms with Crippen LogP contribution >= 0.6 is 0 Å². The zero-order chi connectivity index (χ0) is 12.2. The lowest BCUT2D eigenvalue weighted by Gasteiger charge is -2.11. The van der Waals surface area contributed by atoms with E-state index < -0.39 is 0 Å². The highest BCUT2D eigenvalue weighted by molar-refractivity contribution is 5.81. The molecule has 94 valence electrons. The second-order valence-corrected chi connectivity index (χ2v) is 4.36. The predicted octanol–water partition coefficient (Wildman–Crippen LogP) is 4.24. The van der Waals surface area contributed by atoms with Crippen LogP contribution in [0.4, 0.5) is 0 Å². The molecule has 2 heteroatoms. The maximum absolute atomic E-state index is 10.9. The molecule has 16 heavy (non-hydrogen) atoms. The molecule has 0 aromatic carbocycles. The SMILES string of the molecule is C=CC(=O)OC(C)CCCCCCCCC. The van der Waals surface area contributed by atoms with E-state index in [9.17, 15) is 4.79 Å². The molecule has 0 heterocycles. The first-order valence-corrected chi connectivity index (χ1v) is 6.53. The summed E-state index contributed by atoms with van der Waals surface area (Å²) in [4.78, 5) is 10.9. The topological polar surface area (TPSA) is 26.3 Å². The molecule has 0 bridgehead atoms. The Balaban J connectivity index is 3.24. The quantitative estimate of drug-likeness (QED) is 0.316. The minimum absolute atomic E-state index is 0.0288. The van der Waals surface area contributed by atoms with Gasteiger partial charge >= 0.3 is 5.97 Å². The zero-order valence-corrected chi connectivity index (χ0v) is 10.8. The average Bonchev–Trinajstić information content (AvgIpc) is 2.27. The van der Waals surface area contributed by atoms with Crippen molar-refractivity contribution in [1.29, 1.82) is 0 Å². The van der Waals surface area contributed by atoms with Crippen molar-refractivity contribution in [3.63, 3.8) is 0 Å². The Kier molecular flexibility index (Phi) is 10.2. The molecule has 0 aliphatic heterocycles. The van der Waals surface area contributed by atoms with Crippen LogP contribution in [-0.4, -0.2) is 12.1 Å². The van der Waals surface area contributed by atoms with Gasteiger partial charge < -0.3 is 4.74 Å². The molecule has 0 aliphatic carbocycles. The molecule has 0 N–H and O–H groups in total. The van der Waals surface area contributed by atoms with Gasteiger partial charge in [0.25, 0.3) is 0 Å². The minimum atomic E-state index is -0.310. The Hall–Kier alpha value is -0.790. The van der Waals surface area contributed by atoms with Crippen molar-refractivity contribution in [1.82, 2.24) is 0 Å². The van der Waals surface area contributed by atoms with Crippen LogP contribution in [0.1, 0.15) is 65.2 Å². The van der Waals surface area contributed by atoms with Crippen molar-refractivity contribution in [2.45, 2.75) is 71.3 Å². The lowest BCUT2D eigenvalue weighted by Crippen LogP contribution is -2.12. The van der Waals surface area contributed by atoms with Gasteiger partial charge in [-0.1, -0.05) is 52.0 Å². The average molecular weight is 226 g/mol. The molecule has 0 rings (SSSR count). The van der Waals surface area contributed by atoms with Crippen molar-refractivity contribution in [2.75, 3.05) is 0 Å². The molecule has 0 fully saturated rings. The lowest BCUT2D eigenvalue weighted by atomic mass is 10.1. The summed E-state index contributed by atoms with van der Waals surface area (Å²) in [6.45, 7) is 7.55. The smallest absolute Gasteiger partial charge is 0.330 e. The van der Waals surface area contributed by atoms with E-state index in [0.29, 0.717) is 0 Å². The van der Waals surface area contributed by atoms with Crippen molar-refractivity contribution in [2.24, 2.45) is 0 Å². The fourth-order valence-corrected chi connectivity index (χ4v) is 1.69. The van der Waals surface area contributed by atoms with E-state index in [1.807, 2.05) is 6.92 Å². The first-order chi connectivity index (χ1) is 7.70. The monoisotopic (exact) mass is 226 g/mol. The van der Waals surface area contributed by atoms with Crippen LogP contribution in [0.5, 0.6) is 0 Å². The highest BCUT2D eigenvalue weighted by atomic mass is 16.5. The third kappa shape index (κ3) is 9.75.